The quantitative estimate of drug-likeness (QED) is 0.701. The Labute approximate surface area is 93.1 Å². The highest BCUT2D eigenvalue weighted by atomic mass is 32.1. The molecule has 0 aliphatic carbocycles. The van der Waals surface area contributed by atoms with Gasteiger partial charge in [0.25, 0.3) is 0 Å². The average molecular weight is 217 g/mol. The van der Waals surface area contributed by atoms with Gasteiger partial charge in [0.2, 0.25) is 0 Å². The van der Waals surface area contributed by atoms with Gasteiger partial charge in [0.15, 0.2) is 0 Å². The van der Waals surface area contributed by atoms with Crippen LogP contribution in [0.1, 0.15) is 33.1 Å². The molecule has 0 bridgehead atoms. The first-order valence-electron chi connectivity index (χ1n) is 5.59. The number of thiol groups is 1. The van der Waals surface area contributed by atoms with Crippen molar-refractivity contribution in [1.82, 2.24) is 4.90 Å². The summed E-state index contributed by atoms with van der Waals surface area (Å²) >= 11 is 4.22. The van der Waals surface area contributed by atoms with E-state index in [4.69, 9.17) is 0 Å². The highest BCUT2D eigenvalue weighted by molar-refractivity contribution is 7.80. The maximum Gasteiger partial charge on any atom is 0.0620 e. The number of nitrogens with zero attached hydrogens (tertiary/aromatic N) is 1. The Hall–Kier alpha value is 0.270. The van der Waals surface area contributed by atoms with Crippen LogP contribution in [0.25, 0.3) is 0 Å². The Balaban J connectivity index is 2.24. The molecule has 0 aromatic carbocycles. The first kappa shape index (κ1) is 12.3. The lowest BCUT2D eigenvalue weighted by molar-refractivity contribution is -0.0124. The van der Waals surface area contributed by atoms with Crippen molar-refractivity contribution < 1.29 is 5.11 Å². The molecule has 1 rings (SSSR count). The highest BCUT2D eigenvalue weighted by Crippen LogP contribution is 2.27. The molecule has 0 atom stereocenters. The summed E-state index contributed by atoms with van der Waals surface area (Å²) in [4.78, 5) is 2.48. The van der Waals surface area contributed by atoms with Crippen molar-refractivity contribution in [3.05, 3.63) is 0 Å². The molecule has 1 N–H and O–H groups in total. The number of hydrogen-bond acceptors (Lipinski definition) is 3. The van der Waals surface area contributed by atoms with Gasteiger partial charge < -0.3 is 10.0 Å². The lowest BCUT2D eigenvalue weighted by atomic mass is 9.83. The number of hydrogen-bond donors (Lipinski definition) is 2. The molecular formula is C11H23NOS. The summed E-state index contributed by atoms with van der Waals surface area (Å²) in [5.74, 6) is 1.46. The molecule has 1 heterocycles. The van der Waals surface area contributed by atoms with Gasteiger partial charge in [0.05, 0.1) is 5.60 Å². The fraction of sp³-hybridized carbons (Fsp3) is 1.00. The average Bonchev–Trinajstić information content (AvgIpc) is 2.14. The van der Waals surface area contributed by atoms with E-state index >= 15 is 0 Å². The van der Waals surface area contributed by atoms with Crippen LogP contribution in [0.3, 0.4) is 0 Å². The van der Waals surface area contributed by atoms with Crippen molar-refractivity contribution >= 4 is 12.6 Å². The van der Waals surface area contributed by atoms with Crippen LogP contribution in [-0.4, -0.2) is 41.0 Å². The summed E-state index contributed by atoms with van der Waals surface area (Å²) in [5.41, 5.74) is -0.490. The van der Waals surface area contributed by atoms with Gasteiger partial charge in [-0.3, -0.25) is 0 Å². The van der Waals surface area contributed by atoms with Crippen LogP contribution in [0.2, 0.25) is 0 Å². The van der Waals surface area contributed by atoms with E-state index in [2.05, 4.69) is 17.5 Å². The van der Waals surface area contributed by atoms with Gasteiger partial charge in [-0.05, 0) is 64.4 Å². The molecule has 1 saturated heterocycles. The van der Waals surface area contributed by atoms with E-state index in [1.54, 1.807) is 0 Å². The third-order valence-electron chi connectivity index (χ3n) is 3.22. The van der Waals surface area contributed by atoms with Gasteiger partial charge in [0, 0.05) is 0 Å². The molecule has 0 aromatic heterocycles. The van der Waals surface area contributed by atoms with Gasteiger partial charge in [-0.15, -0.1) is 0 Å². The van der Waals surface area contributed by atoms with Crippen molar-refractivity contribution in [2.75, 3.05) is 25.4 Å². The second-order valence-electron chi connectivity index (χ2n) is 4.85. The maximum absolute atomic E-state index is 9.87. The summed E-state index contributed by atoms with van der Waals surface area (Å²) < 4.78 is 0. The standard InChI is InChI=1S/C11H23NOS/c1-11(2,13)10-4-7-12(8-5-10)6-3-9-14/h10,13-14H,3-9H2,1-2H3. The fourth-order valence-electron chi connectivity index (χ4n) is 2.16. The zero-order valence-electron chi connectivity index (χ0n) is 9.37. The van der Waals surface area contributed by atoms with Crippen molar-refractivity contribution in [3.8, 4) is 0 Å². The Morgan fingerprint density at radius 2 is 1.93 bits per heavy atom. The van der Waals surface area contributed by atoms with Crippen molar-refractivity contribution in [3.63, 3.8) is 0 Å². The second kappa shape index (κ2) is 5.38. The molecule has 0 unspecified atom stereocenters. The predicted octanol–water partition coefficient (Wildman–Crippen LogP) is 1.79. The minimum absolute atomic E-state index is 0.481. The molecule has 0 saturated carbocycles. The fourth-order valence-corrected chi connectivity index (χ4v) is 2.30. The van der Waals surface area contributed by atoms with E-state index in [1.807, 2.05) is 13.8 Å². The van der Waals surface area contributed by atoms with Gasteiger partial charge in [0.1, 0.15) is 0 Å². The molecule has 3 heteroatoms. The molecule has 2 nitrogen and oxygen atoms in total. The van der Waals surface area contributed by atoms with Crippen LogP contribution >= 0.6 is 12.6 Å². The van der Waals surface area contributed by atoms with E-state index in [-0.39, 0.29) is 0 Å². The maximum atomic E-state index is 9.87. The first-order valence-corrected chi connectivity index (χ1v) is 6.23. The van der Waals surface area contributed by atoms with Gasteiger partial charge in [-0.25, -0.2) is 0 Å². The topological polar surface area (TPSA) is 23.5 Å². The van der Waals surface area contributed by atoms with Gasteiger partial charge >= 0.3 is 0 Å². The zero-order valence-corrected chi connectivity index (χ0v) is 10.3. The Kier molecular flexibility index (Phi) is 4.74. The van der Waals surface area contributed by atoms with E-state index in [0.717, 1.165) is 31.7 Å². The normalized spacial score (nSPS) is 21.4. The number of aliphatic hydroxyl groups is 1. The van der Waals surface area contributed by atoms with Gasteiger partial charge in [-0.2, -0.15) is 12.6 Å². The molecule has 1 fully saturated rings. The molecule has 1 aliphatic heterocycles. The lowest BCUT2D eigenvalue weighted by Gasteiger charge is -2.37. The largest absolute Gasteiger partial charge is 0.390 e. The molecule has 1 aliphatic rings. The highest BCUT2D eigenvalue weighted by Gasteiger charge is 2.29. The zero-order chi connectivity index (χ0) is 10.6. The summed E-state index contributed by atoms with van der Waals surface area (Å²) in [6, 6.07) is 0. The van der Waals surface area contributed by atoms with Crippen molar-refractivity contribution in [2.24, 2.45) is 5.92 Å². The smallest absolute Gasteiger partial charge is 0.0620 e. The Bertz CT molecular complexity index is 159. The molecule has 0 amide bonds. The first-order chi connectivity index (χ1) is 6.54. The Morgan fingerprint density at radius 3 is 2.36 bits per heavy atom. The third-order valence-corrected chi connectivity index (χ3v) is 3.54. The summed E-state index contributed by atoms with van der Waals surface area (Å²) in [6.45, 7) is 7.31. The van der Waals surface area contributed by atoms with Crippen LogP contribution in [-0.2, 0) is 0 Å². The minimum atomic E-state index is -0.490. The van der Waals surface area contributed by atoms with Crippen LogP contribution in [0.5, 0.6) is 0 Å². The van der Waals surface area contributed by atoms with E-state index < -0.39 is 5.60 Å². The lowest BCUT2D eigenvalue weighted by Crippen LogP contribution is -2.42. The summed E-state index contributed by atoms with van der Waals surface area (Å²) in [6.07, 6.45) is 3.45. The van der Waals surface area contributed by atoms with Crippen molar-refractivity contribution in [2.45, 2.75) is 38.7 Å². The van der Waals surface area contributed by atoms with Crippen LogP contribution < -0.4 is 0 Å². The number of piperidine rings is 1. The molecule has 0 radical (unpaired) electrons. The molecule has 84 valence electrons. The van der Waals surface area contributed by atoms with Crippen LogP contribution in [0.15, 0.2) is 0 Å². The van der Waals surface area contributed by atoms with E-state index in [0.29, 0.717) is 5.92 Å². The Morgan fingerprint density at radius 1 is 1.36 bits per heavy atom. The number of rotatable bonds is 4. The second-order valence-corrected chi connectivity index (χ2v) is 5.29. The molecule has 14 heavy (non-hydrogen) atoms. The summed E-state index contributed by atoms with van der Waals surface area (Å²) in [5, 5.41) is 9.87. The van der Waals surface area contributed by atoms with Gasteiger partial charge in [-0.1, -0.05) is 0 Å². The monoisotopic (exact) mass is 217 g/mol. The van der Waals surface area contributed by atoms with Crippen LogP contribution in [0.4, 0.5) is 0 Å². The minimum Gasteiger partial charge on any atom is -0.390 e. The number of likely N-dealkylation sites (tertiary alicyclic amines) is 1. The molecule has 0 aromatic rings. The van der Waals surface area contributed by atoms with E-state index in [1.165, 1.54) is 13.0 Å². The van der Waals surface area contributed by atoms with E-state index in [9.17, 15) is 5.11 Å². The SMILES string of the molecule is CC(C)(O)C1CCN(CCCS)CC1. The van der Waals surface area contributed by atoms with Crippen molar-refractivity contribution in [1.29, 1.82) is 0 Å². The molecular weight excluding hydrogens is 194 g/mol. The predicted molar refractivity (Wildman–Crippen MR) is 63.9 cm³/mol. The third kappa shape index (κ3) is 3.79. The summed E-state index contributed by atoms with van der Waals surface area (Å²) in [7, 11) is 0. The molecule has 0 spiro atoms. The van der Waals surface area contributed by atoms with Crippen LogP contribution in [0, 0.1) is 5.92 Å².